The molecule has 0 radical (unpaired) electrons. The highest BCUT2D eigenvalue weighted by Crippen LogP contribution is 2.34. The van der Waals surface area contributed by atoms with E-state index in [9.17, 15) is 9.59 Å². The Kier molecular flexibility index (Phi) is 8.51. The maximum atomic E-state index is 13.6. The number of carbonyl (C=O) groups excluding carboxylic acids is 2. The van der Waals surface area contributed by atoms with Gasteiger partial charge >= 0.3 is 6.03 Å². The van der Waals surface area contributed by atoms with Crippen LogP contribution >= 0.6 is 11.3 Å². The first-order valence-corrected chi connectivity index (χ1v) is 13.1. The minimum atomic E-state index is -0.235. The van der Waals surface area contributed by atoms with Crippen molar-refractivity contribution in [1.82, 2.24) is 15.1 Å². The number of urea groups is 1. The number of benzene rings is 1. The molecule has 190 valence electrons. The third-order valence-electron chi connectivity index (χ3n) is 6.34. The topological polar surface area (TPSA) is 80.3 Å². The fourth-order valence-corrected chi connectivity index (χ4v) is 5.51. The number of rotatable bonds is 9. The van der Waals surface area contributed by atoms with Crippen LogP contribution in [0.25, 0.3) is 0 Å². The average Bonchev–Trinajstić information content (AvgIpc) is 3.53. The number of nitrogens with zero attached hydrogens (tertiary/aromatic N) is 2. The summed E-state index contributed by atoms with van der Waals surface area (Å²) in [4.78, 5) is 31.3. The van der Waals surface area contributed by atoms with E-state index >= 15 is 0 Å². The van der Waals surface area contributed by atoms with E-state index in [-0.39, 0.29) is 36.7 Å². The number of carbonyl (C=O) groups is 2. The van der Waals surface area contributed by atoms with E-state index in [4.69, 9.17) is 14.2 Å². The van der Waals surface area contributed by atoms with Crippen molar-refractivity contribution >= 4 is 23.3 Å². The Balaban J connectivity index is 1.49. The van der Waals surface area contributed by atoms with Crippen molar-refractivity contribution < 1.29 is 23.8 Å². The van der Waals surface area contributed by atoms with E-state index < -0.39 is 0 Å². The molecule has 1 fully saturated rings. The zero-order valence-electron chi connectivity index (χ0n) is 20.7. The van der Waals surface area contributed by atoms with Gasteiger partial charge in [-0.3, -0.25) is 4.79 Å². The van der Waals surface area contributed by atoms with Gasteiger partial charge in [0.25, 0.3) is 0 Å². The van der Waals surface area contributed by atoms with Gasteiger partial charge in [0.2, 0.25) is 5.91 Å². The van der Waals surface area contributed by atoms with Crippen LogP contribution in [0.4, 0.5) is 4.79 Å². The van der Waals surface area contributed by atoms with E-state index in [0.717, 1.165) is 30.6 Å². The van der Waals surface area contributed by atoms with E-state index in [0.29, 0.717) is 32.1 Å². The Morgan fingerprint density at radius 2 is 2.11 bits per heavy atom. The highest BCUT2D eigenvalue weighted by atomic mass is 32.1. The zero-order chi connectivity index (χ0) is 24.8. The number of amides is 3. The lowest BCUT2D eigenvalue weighted by Crippen LogP contribution is -2.52. The summed E-state index contributed by atoms with van der Waals surface area (Å²) in [5.41, 5.74) is 1.12. The number of nitrogens with one attached hydrogen (secondary N) is 1. The summed E-state index contributed by atoms with van der Waals surface area (Å²) in [7, 11) is 1.62. The van der Waals surface area contributed by atoms with E-state index in [2.05, 4.69) is 16.8 Å². The highest BCUT2D eigenvalue weighted by molar-refractivity contribution is 7.10. The number of fused-ring (bicyclic) bond motifs is 1. The number of hydrogen-bond acceptors (Lipinski definition) is 6. The summed E-state index contributed by atoms with van der Waals surface area (Å²) in [6.45, 7) is 5.87. The maximum Gasteiger partial charge on any atom is 0.318 e. The maximum absolute atomic E-state index is 13.6. The van der Waals surface area contributed by atoms with Crippen molar-refractivity contribution in [2.24, 2.45) is 0 Å². The Bertz CT molecular complexity index is 1000. The molecule has 8 nitrogen and oxygen atoms in total. The first kappa shape index (κ1) is 25.3. The molecule has 1 aromatic heterocycles. The van der Waals surface area contributed by atoms with Crippen LogP contribution < -0.4 is 14.8 Å². The van der Waals surface area contributed by atoms with Crippen LogP contribution in [0.5, 0.6) is 11.5 Å². The van der Waals surface area contributed by atoms with Gasteiger partial charge in [0.15, 0.2) is 0 Å². The molecule has 0 unspecified atom stereocenters. The molecule has 3 heterocycles. The summed E-state index contributed by atoms with van der Waals surface area (Å²) in [6.07, 6.45) is 2.66. The average molecular weight is 502 g/mol. The summed E-state index contributed by atoms with van der Waals surface area (Å²) in [5, 5.41) is 5.00. The molecule has 0 bridgehead atoms. The molecule has 4 rings (SSSR count). The van der Waals surface area contributed by atoms with Crippen molar-refractivity contribution in [3.8, 4) is 11.5 Å². The standard InChI is InChI=1S/C26H35N3O5S/c1-18(2)27-26(31)28(15-21-8-5-12-33-21)16-25(30)29-11-9-24-22(10-13-35-24)23(29)17-34-20-7-4-6-19(14-20)32-3/h4,6-7,10,13-14,18,21,23H,5,8-9,11-12,15-17H2,1-3H3,(H,27,31)/t21-,23-/m1/s1. The second-order valence-corrected chi connectivity index (χ2v) is 10.3. The molecule has 35 heavy (non-hydrogen) atoms. The Hall–Kier alpha value is -2.78. The van der Waals surface area contributed by atoms with Crippen LogP contribution in [-0.4, -0.2) is 73.8 Å². The molecular weight excluding hydrogens is 466 g/mol. The number of hydrogen-bond donors (Lipinski definition) is 1. The molecule has 1 aromatic carbocycles. The van der Waals surface area contributed by atoms with E-state index in [1.165, 1.54) is 4.88 Å². The van der Waals surface area contributed by atoms with Gasteiger partial charge in [-0.15, -0.1) is 11.3 Å². The minimum Gasteiger partial charge on any atom is -0.497 e. The predicted octanol–water partition coefficient (Wildman–Crippen LogP) is 3.86. The molecule has 1 N–H and O–H groups in total. The quantitative estimate of drug-likeness (QED) is 0.564. The van der Waals surface area contributed by atoms with Crippen LogP contribution in [0, 0.1) is 0 Å². The Labute approximate surface area is 211 Å². The van der Waals surface area contributed by atoms with Crippen LogP contribution in [-0.2, 0) is 16.0 Å². The normalized spacial score (nSPS) is 19.4. The van der Waals surface area contributed by atoms with Gasteiger partial charge in [0.05, 0.1) is 19.3 Å². The zero-order valence-corrected chi connectivity index (χ0v) is 21.5. The van der Waals surface area contributed by atoms with Crippen LogP contribution in [0.15, 0.2) is 35.7 Å². The molecule has 2 aliphatic rings. The second-order valence-electron chi connectivity index (χ2n) is 9.26. The van der Waals surface area contributed by atoms with E-state index in [1.54, 1.807) is 23.3 Å². The lowest BCUT2D eigenvalue weighted by Gasteiger charge is -2.37. The smallest absolute Gasteiger partial charge is 0.318 e. The van der Waals surface area contributed by atoms with Gasteiger partial charge in [-0.2, -0.15) is 0 Å². The van der Waals surface area contributed by atoms with Gasteiger partial charge in [-0.05, 0) is 62.3 Å². The minimum absolute atomic E-state index is 0.00748. The molecule has 0 spiro atoms. The molecular formula is C26H35N3O5S. The van der Waals surface area contributed by atoms with Crippen molar-refractivity contribution in [2.45, 2.75) is 51.3 Å². The van der Waals surface area contributed by atoms with Crippen molar-refractivity contribution in [2.75, 3.05) is 40.0 Å². The third-order valence-corrected chi connectivity index (χ3v) is 7.33. The fourth-order valence-electron chi connectivity index (χ4n) is 4.59. The monoisotopic (exact) mass is 501 g/mol. The first-order chi connectivity index (χ1) is 16.9. The molecule has 2 atom stereocenters. The lowest BCUT2D eigenvalue weighted by atomic mass is 10.0. The summed E-state index contributed by atoms with van der Waals surface area (Å²) < 4.78 is 17.2. The second kappa shape index (κ2) is 11.8. The van der Waals surface area contributed by atoms with Crippen molar-refractivity contribution in [3.63, 3.8) is 0 Å². The number of thiophene rings is 1. The molecule has 0 saturated carbocycles. The molecule has 3 amide bonds. The van der Waals surface area contributed by atoms with Crippen LogP contribution in [0.2, 0.25) is 0 Å². The van der Waals surface area contributed by atoms with E-state index in [1.807, 2.05) is 43.0 Å². The Morgan fingerprint density at radius 3 is 2.86 bits per heavy atom. The summed E-state index contributed by atoms with van der Waals surface area (Å²) >= 11 is 1.71. The fraction of sp³-hybridized carbons (Fsp3) is 0.538. The van der Waals surface area contributed by atoms with Gasteiger partial charge < -0.3 is 29.3 Å². The van der Waals surface area contributed by atoms with Gasteiger partial charge in [-0.1, -0.05) is 6.07 Å². The largest absolute Gasteiger partial charge is 0.497 e. The molecule has 0 aliphatic carbocycles. The molecule has 2 aliphatic heterocycles. The van der Waals surface area contributed by atoms with Crippen molar-refractivity contribution in [3.05, 3.63) is 46.2 Å². The van der Waals surface area contributed by atoms with Gasteiger partial charge in [0, 0.05) is 36.7 Å². The summed E-state index contributed by atoms with van der Waals surface area (Å²) in [6, 6.07) is 9.07. The van der Waals surface area contributed by atoms with Gasteiger partial charge in [0.1, 0.15) is 24.7 Å². The summed E-state index contributed by atoms with van der Waals surface area (Å²) in [5.74, 6) is 1.32. The van der Waals surface area contributed by atoms with Crippen LogP contribution in [0.3, 0.4) is 0 Å². The molecule has 2 aromatic rings. The third kappa shape index (κ3) is 6.46. The number of ether oxygens (including phenoxy) is 3. The highest BCUT2D eigenvalue weighted by Gasteiger charge is 2.34. The van der Waals surface area contributed by atoms with Crippen LogP contribution in [0.1, 0.15) is 43.2 Å². The van der Waals surface area contributed by atoms with Gasteiger partial charge in [-0.25, -0.2) is 4.79 Å². The Morgan fingerprint density at radius 1 is 1.29 bits per heavy atom. The molecule has 9 heteroatoms. The molecule has 1 saturated heterocycles. The SMILES string of the molecule is COc1cccc(OC[C@@H]2c3ccsc3CCN2C(=O)CN(C[C@H]2CCCO2)C(=O)NC(C)C)c1. The number of methoxy groups -OCH3 is 1. The van der Waals surface area contributed by atoms with Crippen molar-refractivity contribution in [1.29, 1.82) is 0 Å². The first-order valence-electron chi connectivity index (χ1n) is 12.2. The predicted molar refractivity (Wildman–Crippen MR) is 135 cm³/mol. The lowest BCUT2D eigenvalue weighted by molar-refractivity contribution is -0.135.